The first kappa shape index (κ1) is 12.2. The third-order valence-corrected chi connectivity index (χ3v) is 3.80. The maximum absolute atomic E-state index is 11.0. The summed E-state index contributed by atoms with van der Waals surface area (Å²) in [6.07, 6.45) is 1.04. The number of aromatic carboxylic acids is 1. The molecular weight excluding hydrogens is 244 g/mol. The van der Waals surface area contributed by atoms with Gasteiger partial charge in [0, 0.05) is 13.7 Å². The van der Waals surface area contributed by atoms with E-state index in [4.69, 9.17) is 9.84 Å². The molecule has 1 aliphatic rings. The zero-order valence-electron chi connectivity index (χ0n) is 11.0. The predicted octanol–water partition coefficient (Wildman–Crippen LogP) is 2.37. The first-order valence-corrected chi connectivity index (χ1v) is 6.39. The molecule has 1 aromatic carbocycles. The number of ether oxygens (including phenoxy) is 1. The summed E-state index contributed by atoms with van der Waals surface area (Å²) in [5.74, 6) is 0.386. The van der Waals surface area contributed by atoms with Crippen molar-refractivity contribution in [1.29, 1.82) is 0 Å². The second-order valence-corrected chi connectivity index (χ2v) is 5.10. The van der Waals surface area contributed by atoms with Crippen LogP contribution < -0.4 is 0 Å². The number of hydrogen-bond donors (Lipinski definition) is 1. The van der Waals surface area contributed by atoms with Crippen molar-refractivity contribution in [2.75, 3.05) is 6.61 Å². The lowest BCUT2D eigenvalue weighted by atomic mass is 10.0. The molecule has 3 rings (SSSR count). The monoisotopic (exact) mass is 260 g/mol. The minimum atomic E-state index is -0.931. The first-order chi connectivity index (χ1) is 9.08. The van der Waals surface area contributed by atoms with Gasteiger partial charge >= 0.3 is 5.97 Å². The summed E-state index contributed by atoms with van der Waals surface area (Å²) in [5, 5.41) is 9.01. The summed E-state index contributed by atoms with van der Waals surface area (Å²) in [4.78, 5) is 15.5. The van der Waals surface area contributed by atoms with Gasteiger partial charge in [-0.15, -0.1) is 0 Å². The van der Waals surface area contributed by atoms with Crippen molar-refractivity contribution in [2.24, 2.45) is 13.0 Å². The molecule has 0 amide bonds. The molecule has 1 aliphatic heterocycles. The van der Waals surface area contributed by atoms with Crippen molar-refractivity contribution in [2.45, 2.75) is 19.4 Å². The number of imidazole rings is 1. The van der Waals surface area contributed by atoms with Gasteiger partial charge < -0.3 is 14.4 Å². The van der Waals surface area contributed by atoms with Crippen LogP contribution in [0.4, 0.5) is 0 Å². The molecule has 1 fully saturated rings. The number of carbonyl (C=O) groups is 1. The quantitative estimate of drug-likeness (QED) is 0.900. The highest BCUT2D eigenvalue weighted by molar-refractivity contribution is 5.92. The SMILES string of the molecule is CC1CCOC1c1nc2cc(C(=O)O)ccc2n1C. The van der Waals surface area contributed by atoms with Crippen molar-refractivity contribution in [3.8, 4) is 0 Å². The lowest BCUT2D eigenvalue weighted by molar-refractivity contribution is 0.0697. The zero-order chi connectivity index (χ0) is 13.6. The highest BCUT2D eigenvalue weighted by atomic mass is 16.5. The Bertz CT molecular complexity index is 647. The summed E-state index contributed by atoms with van der Waals surface area (Å²) in [6.45, 7) is 2.91. The Morgan fingerprint density at radius 2 is 2.32 bits per heavy atom. The van der Waals surface area contributed by atoms with E-state index in [1.165, 1.54) is 0 Å². The lowest BCUT2D eigenvalue weighted by Gasteiger charge is -2.13. The van der Waals surface area contributed by atoms with Gasteiger partial charge in [0.1, 0.15) is 11.9 Å². The summed E-state index contributed by atoms with van der Waals surface area (Å²) in [6, 6.07) is 5.02. The van der Waals surface area contributed by atoms with E-state index in [-0.39, 0.29) is 11.7 Å². The van der Waals surface area contributed by atoms with Gasteiger partial charge in [0.25, 0.3) is 0 Å². The number of hydrogen-bond acceptors (Lipinski definition) is 3. The molecule has 2 aromatic rings. The van der Waals surface area contributed by atoms with Crippen molar-refractivity contribution < 1.29 is 14.6 Å². The molecule has 0 spiro atoms. The van der Waals surface area contributed by atoms with Gasteiger partial charge in [-0.25, -0.2) is 9.78 Å². The maximum atomic E-state index is 11.0. The van der Waals surface area contributed by atoms with E-state index >= 15 is 0 Å². The van der Waals surface area contributed by atoms with Crippen LogP contribution in [-0.4, -0.2) is 27.2 Å². The third-order valence-electron chi connectivity index (χ3n) is 3.80. The number of nitrogens with zero attached hydrogens (tertiary/aromatic N) is 2. The molecule has 2 unspecified atom stereocenters. The number of benzene rings is 1. The largest absolute Gasteiger partial charge is 0.478 e. The van der Waals surface area contributed by atoms with Gasteiger partial charge in [-0.05, 0) is 30.5 Å². The van der Waals surface area contributed by atoms with Gasteiger partial charge in [0.05, 0.1) is 16.6 Å². The van der Waals surface area contributed by atoms with Gasteiger partial charge in [-0.3, -0.25) is 0 Å². The Kier molecular flexibility index (Phi) is 2.78. The molecule has 2 heterocycles. The van der Waals surface area contributed by atoms with Gasteiger partial charge in [-0.2, -0.15) is 0 Å². The first-order valence-electron chi connectivity index (χ1n) is 6.39. The Morgan fingerprint density at radius 1 is 1.53 bits per heavy atom. The van der Waals surface area contributed by atoms with Gasteiger partial charge in [0.2, 0.25) is 0 Å². The Hall–Kier alpha value is -1.88. The van der Waals surface area contributed by atoms with Crippen molar-refractivity contribution in [1.82, 2.24) is 9.55 Å². The second kappa shape index (κ2) is 4.35. The fraction of sp³-hybridized carbons (Fsp3) is 0.429. The Morgan fingerprint density at radius 3 is 2.95 bits per heavy atom. The van der Waals surface area contributed by atoms with Crippen LogP contribution in [0, 0.1) is 5.92 Å². The molecule has 19 heavy (non-hydrogen) atoms. The molecular formula is C14H16N2O3. The summed E-state index contributed by atoms with van der Waals surface area (Å²) in [5.41, 5.74) is 1.90. The summed E-state index contributed by atoms with van der Waals surface area (Å²) < 4.78 is 7.73. The Labute approximate surface area is 110 Å². The highest BCUT2D eigenvalue weighted by Gasteiger charge is 2.30. The van der Waals surface area contributed by atoms with Crippen LogP contribution in [-0.2, 0) is 11.8 Å². The van der Waals surface area contributed by atoms with E-state index in [0.29, 0.717) is 11.4 Å². The van der Waals surface area contributed by atoms with E-state index in [1.54, 1.807) is 18.2 Å². The standard InChI is InChI=1S/C14H16N2O3/c1-8-5-6-19-12(8)13-15-10-7-9(14(17)18)3-4-11(10)16(13)2/h3-4,7-8,12H,5-6H2,1-2H3,(H,17,18). The van der Waals surface area contributed by atoms with Crippen LogP contribution in [0.15, 0.2) is 18.2 Å². The number of rotatable bonds is 2. The van der Waals surface area contributed by atoms with Gasteiger partial charge in [-0.1, -0.05) is 6.92 Å². The molecule has 1 aromatic heterocycles. The number of aryl methyl sites for hydroxylation is 1. The lowest BCUT2D eigenvalue weighted by Crippen LogP contribution is -2.10. The van der Waals surface area contributed by atoms with Crippen molar-refractivity contribution in [3.63, 3.8) is 0 Å². The van der Waals surface area contributed by atoms with Crippen molar-refractivity contribution >= 4 is 17.0 Å². The third kappa shape index (κ3) is 1.90. The average Bonchev–Trinajstić information content (AvgIpc) is 2.93. The number of fused-ring (bicyclic) bond motifs is 1. The number of aromatic nitrogens is 2. The molecule has 100 valence electrons. The van der Waals surface area contributed by atoms with Crippen LogP contribution in [0.3, 0.4) is 0 Å². The number of carboxylic acid groups (broad SMARTS) is 1. The second-order valence-electron chi connectivity index (χ2n) is 5.10. The minimum Gasteiger partial charge on any atom is -0.478 e. The fourth-order valence-electron chi connectivity index (χ4n) is 2.63. The van der Waals surface area contributed by atoms with Crippen LogP contribution >= 0.6 is 0 Å². The fourth-order valence-corrected chi connectivity index (χ4v) is 2.63. The molecule has 0 bridgehead atoms. The molecule has 5 nitrogen and oxygen atoms in total. The maximum Gasteiger partial charge on any atom is 0.335 e. The van der Waals surface area contributed by atoms with Crippen LogP contribution in [0.5, 0.6) is 0 Å². The molecule has 0 aliphatic carbocycles. The predicted molar refractivity (Wildman–Crippen MR) is 70.1 cm³/mol. The van der Waals surface area contributed by atoms with Crippen LogP contribution in [0.2, 0.25) is 0 Å². The van der Waals surface area contributed by atoms with Crippen LogP contribution in [0.1, 0.15) is 35.6 Å². The minimum absolute atomic E-state index is 0.00526. The molecule has 5 heteroatoms. The summed E-state index contributed by atoms with van der Waals surface area (Å²) in [7, 11) is 1.94. The molecule has 2 atom stereocenters. The van der Waals surface area contributed by atoms with E-state index in [0.717, 1.165) is 24.4 Å². The number of carboxylic acids is 1. The molecule has 1 saturated heterocycles. The van der Waals surface area contributed by atoms with E-state index < -0.39 is 5.97 Å². The Balaban J connectivity index is 2.11. The van der Waals surface area contributed by atoms with E-state index in [1.807, 2.05) is 11.6 Å². The van der Waals surface area contributed by atoms with Crippen molar-refractivity contribution in [3.05, 3.63) is 29.6 Å². The van der Waals surface area contributed by atoms with E-state index in [9.17, 15) is 4.79 Å². The summed E-state index contributed by atoms with van der Waals surface area (Å²) >= 11 is 0. The average molecular weight is 260 g/mol. The van der Waals surface area contributed by atoms with E-state index in [2.05, 4.69) is 11.9 Å². The molecule has 0 radical (unpaired) electrons. The zero-order valence-corrected chi connectivity index (χ0v) is 11.0. The topological polar surface area (TPSA) is 64.3 Å². The molecule has 1 N–H and O–H groups in total. The van der Waals surface area contributed by atoms with Crippen LogP contribution in [0.25, 0.3) is 11.0 Å². The smallest absolute Gasteiger partial charge is 0.335 e. The highest BCUT2D eigenvalue weighted by Crippen LogP contribution is 2.34. The molecule has 0 saturated carbocycles. The normalized spacial score (nSPS) is 23.1. The van der Waals surface area contributed by atoms with Gasteiger partial charge in [0.15, 0.2) is 0 Å².